The largest absolute Gasteiger partial charge is 0.459 e. The van der Waals surface area contributed by atoms with Gasteiger partial charge in [-0.1, -0.05) is 6.92 Å². The summed E-state index contributed by atoms with van der Waals surface area (Å²) in [6.45, 7) is 8.38. The maximum Gasteiger partial charge on any atom is 0.287 e. The van der Waals surface area contributed by atoms with Crippen molar-refractivity contribution in [3.05, 3.63) is 23.7 Å². The second-order valence-electron chi connectivity index (χ2n) is 6.90. The monoisotopic (exact) mass is 348 g/mol. The van der Waals surface area contributed by atoms with Gasteiger partial charge in [0, 0.05) is 31.2 Å². The predicted octanol–water partition coefficient (Wildman–Crippen LogP) is 2.84. The molecule has 1 aromatic rings. The number of nitrogens with one attached hydrogen (secondary N) is 3. The first-order valence-electron chi connectivity index (χ1n) is 9.47. The van der Waals surface area contributed by atoms with Gasteiger partial charge in [0.15, 0.2) is 11.7 Å². The molecule has 1 aromatic heterocycles. The number of hydrogen-bond donors (Lipinski definition) is 3. The Kier molecular flexibility index (Phi) is 7.82. The molecule has 0 spiro atoms. The fourth-order valence-electron chi connectivity index (χ4n) is 3.08. The van der Waals surface area contributed by atoms with Crippen LogP contribution in [0.3, 0.4) is 0 Å². The van der Waals surface area contributed by atoms with E-state index < -0.39 is 0 Å². The molecular weight excluding hydrogens is 316 g/mol. The minimum atomic E-state index is -0.159. The van der Waals surface area contributed by atoms with E-state index >= 15 is 0 Å². The second kappa shape index (κ2) is 10.1. The number of nitrogens with zero attached hydrogens (tertiary/aromatic N) is 1. The third-order valence-corrected chi connectivity index (χ3v) is 4.66. The molecular formula is C19H32N4O2. The lowest BCUT2D eigenvalue weighted by molar-refractivity contribution is 0.0925. The van der Waals surface area contributed by atoms with Crippen molar-refractivity contribution in [2.24, 2.45) is 10.9 Å². The molecule has 0 atom stereocenters. The van der Waals surface area contributed by atoms with Gasteiger partial charge < -0.3 is 20.4 Å². The Bertz CT molecular complexity index is 560. The van der Waals surface area contributed by atoms with Crippen molar-refractivity contribution < 1.29 is 9.21 Å². The third-order valence-electron chi connectivity index (χ3n) is 4.66. The number of guanidine groups is 1. The normalized spacial score (nSPS) is 21.0. The molecule has 0 unspecified atom stereocenters. The molecule has 3 N–H and O–H groups in total. The van der Waals surface area contributed by atoms with Crippen molar-refractivity contribution in [2.75, 3.05) is 19.6 Å². The third kappa shape index (κ3) is 6.44. The lowest BCUT2D eigenvalue weighted by Gasteiger charge is -2.28. The molecule has 2 rings (SSSR count). The molecule has 0 saturated heterocycles. The highest BCUT2D eigenvalue weighted by Gasteiger charge is 2.18. The Balaban J connectivity index is 1.70. The van der Waals surface area contributed by atoms with Crippen LogP contribution in [0.5, 0.6) is 0 Å². The van der Waals surface area contributed by atoms with Crippen molar-refractivity contribution in [3.8, 4) is 0 Å². The van der Waals surface area contributed by atoms with E-state index in [0.717, 1.165) is 30.4 Å². The molecule has 1 amide bonds. The molecule has 0 bridgehead atoms. The quantitative estimate of drug-likeness (QED) is 0.402. The first kappa shape index (κ1) is 19.3. The lowest BCUT2D eigenvalue weighted by Crippen LogP contribution is -2.44. The Hall–Kier alpha value is -1.98. The van der Waals surface area contributed by atoms with Crippen LogP contribution < -0.4 is 16.0 Å². The first-order chi connectivity index (χ1) is 12.1. The standard InChI is InChI=1S/C19H32N4O2/c1-4-20-19(23-16-8-6-14(2)7-9-16)22-12-5-11-21-18(24)17-15(3)10-13-25-17/h10,13-14,16H,4-9,11-12H2,1-3H3,(H,21,24)(H2,20,22,23). The van der Waals surface area contributed by atoms with E-state index in [1.165, 1.54) is 31.9 Å². The average molecular weight is 348 g/mol. The van der Waals surface area contributed by atoms with Crippen molar-refractivity contribution in [1.82, 2.24) is 16.0 Å². The molecule has 0 aromatic carbocycles. The first-order valence-corrected chi connectivity index (χ1v) is 9.47. The van der Waals surface area contributed by atoms with Crippen LogP contribution in [0, 0.1) is 12.8 Å². The molecule has 0 radical (unpaired) electrons. The molecule has 6 nitrogen and oxygen atoms in total. The van der Waals surface area contributed by atoms with Gasteiger partial charge in [-0.25, -0.2) is 0 Å². The van der Waals surface area contributed by atoms with Gasteiger partial charge in [0.2, 0.25) is 0 Å². The van der Waals surface area contributed by atoms with Crippen LogP contribution in [-0.4, -0.2) is 37.5 Å². The van der Waals surface area contributed by atoms with Crippen molar-refractivity contribution in [1.29, 1.82) is 0 Å². The predicted molar refractivity (Wildman–Crippen MR) is 101 cm³/mol. The van der Waals surface area contributed by atoms with E-state index in [9.17, 15) is 4.79 Å². The summed E-state index contributed by atoms with van der Waals surface area (Å²) in [7, 11) is 0. The number of carbonyl (C=O) groups excluding carboxylic acids is 1. The van der Waals surface area contributed by atoms with E-state index in [1.807, 2.05) is 6.92 Å². The smallest absolute Gasteiger partial charge is 0.287 e. The van der Waals surface area contributed by atoms with E-state index in [2.05, 4.69) is 34.8 Å². The van der Waals surface area contributed by atoms with Crippen molar-refractivity contribution in [3.63, 3.8) is 0 Å². The summed E-state index contributed by atoms with van der Waals surface area (Å²) in [5.41, 5.74) is 0.857. The number of carbonyl (C=O) groups is 1. The number of hydrogen-bond acceptors (Lipinski definition) is 3. The maximum absolute atomic E-state index is 11.9. The number of furan rings is 1. The van der Waals surface area contributed by atoms with Crippen LogP contribution in [-0.2, 0) is 0 Å². The van der Waals surface area contributed by atoms with Gasteiger partial charge in [-0.2, -0.15) is 0 Å². The van der Waals surface area contributed by atoms with Crippen molar-refractivity contribution in [2.45, 2.75) is 58.9 Å². The number of rotatable bonds is 7. The van der Waals surface area contributed by atoms with E-state index in [1.54, 1.807) is 6.07 Å². The summed E-state index contributed by atoms with van der Waals surface area (Å²) in [6, 6.07) is 2.31. The molecule has 1 aliphatic carbocycles. The van der Waals surface area contributed by atoms with E-state index in [0.29, 0.717) is 24.9 Å². The van der Waals surface area contributed by atoms with Crippen LogP contribution in [0.2, 0.25) is 0 Å². The molecule has 1 aliphatic rings. The molecule has 1 fully saturated rings. The number of aryl methyl sites for hydroxylation is 1. The van der Waals surface area contributed by atoms with Gasteiger partial charge in [-0.15, -0.1) is 0 Å². The van der Waals surface area contributed by atoms with E-state index in [4.69, 9.17) is 4.42 Å². The van der Waals surface area contributed by atoms with Crippen molar-refractivity contribution >= 4 is 11.9 Å². The number of aliphatic imine (C=N–C) groups is 1. The van der Waals surface area contributed by atoms with Gasteiger partial charge in [-0.3, -0.25) is 9.79 Å². The summed E-state index contributed by atoms with van der Waals surface area (Å²) in [6.07, 6.45) is 7.33. The zero-order chi connectivity index (χ0) is 18.1. The summed E-state index contributed by atoms with van der Waals surface area (Å²) >= 11 is 0. The molecule has 6 heteroatoms. The van der Waals surface area contributed by atoms with Crippen LogP contribution in [0.4, 0.5) is 0 Å². The topological polar surface area (TPSA) is 78.7 Å². The summed E-state index contributed by atoms with van der Waals surface area (Å²) < 4.78 is 5.19. The summed E-state index contributed by atoms with van der Waals surface area (Å²) in [5.74, 6) is 1.96. The van der Waals surface area contributed by atoms with Crippen LogP contribution in [0.1, 0.15) is 62.1 Å². The molecule has 1 heterocycles. The van der Waals surface area contributed by atoms with Gasteiger partial charge in [0.1, 0.15) is 0 Å². The minimum absolute atomic E-state index is 0.159. The zero-order valence-electron chi connectivity index (χ0n) is 15.7. The van der Waals surface area contributed by atoms with Crippen LogP contribution in [0.15, 0.2) is 21.7 Å². The van der Waals surface area contributed by atoms with Gasteiger partial charge >= 0.3 is 0 Å². The molecule has 140 valence electrons. The van der Waals surface area contributed by atoms with Crippen LogP contribution in [0.25, 0.3) is 0 Å². The Morgan fingerprint density at radius 2 is 2.04 bits per heavy atom. The molecule has 25 heavy (non-hydrogen) atoms. The Labute approximate surface area is 150 Å². The number of amides is 1. The average Bonchev–Trinajstić information content (AvgIpc) is 3.02. The highest BCUT2D eigenvalue weighted by Crippen LogP contribution is 2.23. The van der Waals surface area contributed by atoms with Crippen LogP contribution >= 0.6 is 0 Å². The minimum Gasteiger partial charge on any atom is -0.459 e. The van der Waals surface area contributed by atoms with Gasteiger partial charge in [0.25, 0.3) is 5.91 Å². The fourth-order valence-corrected chi connectivity index (χ4v) is 3.08. The summed E-state index contributed by atoms with van der Waals surface area (Å²) in [5, 5.41) is 9.73. The van der Waals surface area contributed by atoms with E-state index in [-0.39, 0.29) is 5.91 Å². The molecule has 0 aliphatic heterocycles. The Morgan fingerprint density at radius 1 is 1.28 bits per heavy atom. The highest BCUT2D eigenvalue weighted by atomic mass is 16.3. The molecule has 1 saturated carbocycles. The maximum atomic E-state index is 11.9. The van der Waals surface area contributed by atoms with Gasteiger partial charge in [-0.05, 0) is 57.9 Å². The van der Waals surface area contributed by atoms with Gasteiger partial charge in [0.05, 0.1) is 6.26 Å². The SMILES string of the molecule is CCNC(=NCCCNC(=O)c1occc1C)NC1CCC(C)CC1. The summed E-state index contributed by atoms with van der Waals surface area (Å²) in [4.78, 5) is 16.6. The zero-order valence-corrected chi connectivity index (χ0v) is 15.7. The second-order valence-corrected chi connectivity index (χ2v) is 6.90. The lowest BCUT2D eigenvalue weighted by atomic mass is 9.87. The highest BCUT2D eigenvalue weighted by molar-refractivity contribution is 5.92. The fraction of sp³-hybridized carbons (Fsp3) is 0.684. The Morgan fingerprint density at radius 3 is 2.68 bits per heavy atom.